The van der Waals surface area contributed by atoms with Gasteiger partial charge in [-0.2, -0.15) is 0 Å². The van der Waals surface area contributed by atoms with E-state index in [4.69, 9.17) is 0 Å². The lowest BCUT2D eigenvalue weighted by Gasteiger charge is -2.20. The number of hydrogen-bond donors (Lipinski definition) is 0. The van der Waals surface area contributed by atoms with Gasteiger partial charge < -0.3 is 9.47 Å². The van der Waals surface area contributed by atoms with Crippen molar-refractivity contribution >= 4 is 0 Å². The van der Waals surface area contributed by atoms with Crippen LogP contribution in [-0.2, 0) is 6.54 Å². The van der Waals surface area contributed by atoms with Crippen LogP contribution < -0.4 is 0 Å². The first kappa shape index (κ1) is 17.3. The van der Waals surface area contributed by atoms with Gasteiger partial charge in [-0.1, -0.05) is 18.2 Å². The molecule has 0 fully saturated rings. The third-order valence-electron chi connectivity index (χ3n) is 4.46. The van der Waals surface area contributed by atoms with Crippen molar-refractivity contribution in [2.75, 3.05) is 14.1 Å². The molecule has 25 heavy (non-hydrogen) atoms. The van der Waals surface area contributed by atoms with E-state index in [2.05, 4.69) is 69.7 Å². The summed E-state index contributed by atoms with van der Waals surface area (Å²) in [4.78, 5) is 15.9. The van der Waals surface area contributed by atoms with E-state index in [0.717, 1.165) is 28.6 Å². The van der Waals surface area contributed by atoms with Gasteiger partial charge >= 0.3 is 0 Å². The van der Waals surface area contributed by atoms with Gasteiger partial charge in [0.2, 0.25) is 0 Å². The van der Waals surface area contributed by atoms with Crippen LogP contribution in [0.15, 0.2) is 42.7 Å². The number of hydrogen-bond acceptors (Lipinski definition) is 4. The first-order valence-corrected chi connectivity index (χ1v) is 8.53. The summed E-state index contributed by atoms with van der Waals surface area (Å²) in [5.74, 6) is 1.75. The van der Waals surface area contributed by atoms with Gasteiger partial charge in [-0.05, 0) is 52.6 Å². The molecule has 3 aromatic rings. The second-order valence-electron chi connectivity index (χ2n) is 6.71. The Hall–Kier alpha value is -2.53. The normalized spacial score (nSPS) is 12.6. The molecular formula is C20H25N5. The van der Waals surface area contributed by atoms with Crippen LogP contribution in [0.3, 0.4) is 0 Å². The molecule has 2 aromatic heterocycles. The standard InChI is InChI=1S/C20H25N5/c1-14-11-15(2)23-19(22-14)13-25-10-9-21-20(25)18-8-6-7-17(12-18)16(3)24(4)5/h6-12,16H,13H2,1-5H3/t16-/m1/s1. The fraction of sp³-hybridized carbons (Fsp3) is 0.350. The first-order chi connectivity index (χ1) is 11.9. The van der Waals surface area contributed by atoms with E-state index in [0.29, 0.717) is 12.6 Å². The zero-order valence-electron chi connectivity index (χ0n) is 15.6. The minimum atomic E-state index is 0.353. The monoisotopic (exact) mass is 335 g/mol. The lowest BCUT2D eigenvalue weighted by Crippen LogP contribution is -2.16. The number of aryl methyl sites for hydroxylation is 2. The zero-order chi connectivity index (χ0) is 18.0. The third kappa shape index (κ3) is 3.94. The summed E-state index contributed by atoms with van der Waals surface area (Å²) in [6.45, 7) is 6.82. The maximum absolute atomic E-state index is 4.57. The molecule has 0 saturated carbocycles. The molecule has 0 aliphatic carbocycles. The molecule has 0 bridgehead atoms. The van der Waals surface area contributed by atoms with E-state index in [-0.39, 0.29) is 0 Å². The molecule has 1 atom stereocenters. The molecule has 0 amide bonds. The Bertz CT molecular complexity index is 846. The SMILES string of the molecule is Cc1cc(C)nc(Cn2ccnc2-c2cccc([C@@H](C)N(C)C)c2)n1. The average molecular weight is 335 g/mol. The zero-order valence-corrected chi connectivity index (χ0v) is 15.6. The molecule has 0 aliphatic heterocycles. The molecular weight excluding hydrogens is 310 g/mol. The third-order valence-corrected chi connectivity index (χ3v) is 4.46. The van der Waals surface area contributed by atoms with Crippen LogP contribution in [0.4, 0.5) is 0 Å². The van der Waals surface area contributed by atoms with E-state index in [1.165, 1.54) is 5.56 Å². The Morgan fingerprint density at radius 3 is 2.48 bits per heavy atom. The van der Waals surface area contributed by atoms with E-state index in [9.17, 15) is 0 Å². The van der Waals surface area contributed by atoms with Gasteiger partial charge in [-0.15, -0.1) is 0 Å². The van der Waals surface area contributed by atoms with Gasteiger partial charge in [0.15, 0.2) is 0 Å². The summed E-state index contributed by atoms with van der Waals surface area (Å²) in [5.41, 5.74) is 4.37. The number of aromatic nitrogens is 4. The van der Waals surface area contributed by atoms with E-state index in [1.807, 2.05) is 32.3 Å². The highest BCUT2D eigenvalue weighted by atomic mass is 15.1. The van der Waals surface area contributed by atoms with Crippen molar-refractivity contribution in [3.8, 4) is 11.4 Å². The van der Waals surface area contributed by atoms with Gasteiger partial charge in [0.25, 0.3) is 0 Å². The van der Waals surface area contributed by atoms with Crippen LogP contribution >= 0.6 is 0 Å². The molecule has 2 heterocycles. The highest BCUT2D eigenvalue weighted by Crippen LogP contribution is 2.24. The minimum absolute atomic E-state index is 0.353. The van der Waals surface area contributed by atoms with Crippen molar-refractivity contribution in [2.45, 2.75) is 33.4 Å². The molecule has 130 valence electrons. The van der Waals surface area contributed by atoms with Crippen molar-refractivity contribution < 1.29 is 0 Å². The van der Waals surface area contributed by atoms with E-state index < -0.39 is 0 Å². The van der Waals surface area contributed by atoms with Crippen molar-refractivity contribution in [2.24, 2.45) is 0 Å². The van der Waals surface area contributed by atoms with Gasteiger partial charge in [0.05, 0.1) is 6.54 Å². The predicted octanol–water partition coefficient (Wildman–Crippen LogP) is 3.63. The van der Waals surface area contributed by atoms with E-state index >= 15 is 0 Å². The van der Waals surface area contributed by atoms with Crippen LogP contribution in [0.2, 0.25) is 0 Å². The highest BCUT2D eigenvalue weighted by molar-refractivity contribution is 5.57. The molecule has 0 unspecified atom stereocenters. The lowest BCUT2D eigenvalue weighted by molar-refractivity contribution is 0.321. The quantitative estimate of drug-likeness (QED) is 0.714. The largest absolute Gasteiger partial charge is 0.323 e. The number of rotatable bonds is 5. The molecule has 0 spiro atoms. The fourth-order valence-corrected chi connectivity index (χ4v) is 2.95. The Morgan fingerprint density at radius 2 is 1.80 bits per heavy atom. The molecule has 5 nitrogen and oxygen atoms in total. The number of nitrogens with zero attached hydrogens (tertiary/aromatic N) is 5. The smallest absolute Gasteiger partial charge is 0.148 e. The summed E-state index contributed by atoms with van der Waals surface area (Å²) in [6, 6.07) is 10.9. The predicted molar refractivity (Wildman–Crippen MR) is 100 cm³/mol. The second-order valence-corrected chi connectivity index (χ2v) is 6.71. The van der Waals surface area contributed by atoms with Crippen LogP contribution in [0.25, 0.3) is 11.4 Å². The molecule has 3 rings (SSSR count). The Balaban J connectivity index is 1.93. The molecule has 0 saturated heterocycles. The van der Waals surface area contributed by atoms with Crippen LogP contribution in [0.1, 0.15) is 35.7 Å². The second kappa shape index (κ2) is 7.15. The molecule has 0 aliphatic rings. The van der Waals surface area contributed by atoms with Gasteiger partial charge in [-0.3, -0.25) is 0 Å². The number of benzene rings is 1. The maximum atomic E-state index is 4.57. The van der Waals surface area contributed by atoms with Crippen LogP contribution in [0, 0.1) is 13.8 Å². The minimum Gasteiger partial charge on any atom is -0.323 e. The molecule has 0 N–H and O–H groups in total. The lowest BCUT2D eigenvalue weighted by atomic mass is 10.0. The van der Waals surface area contributed by atoms with Gasteiger partial charge in [-0.25, -0.2) is 15.0 Å². The van der Waals surface area contributed by atoms with Gasteiger partial charge in [0, 0.05) is 35.4 Å². The van der Waals surface area contributed by atoms with Crippen LogP contribution in [0.5, 0.6) is 0 Å². The Morgan fingerprint density at radius 1 is 1.08 bits per heavy atom. The topological polar surface area (TPSA) is 46.8 Å². The summed E-state index contributed by atoms with van der Waals surface area (Å²) < 4.78 is 2.10. The van der Waals surface area contributed by atoms with Crippen molar-refractivity contribution in [3.05, 3.63) is 65.5 Å². The summed E-state index contributed by atoms with van der Waals surface area (Å²) in [5, 5.41) is 0. The van der Waals surface area contributed by atoms with Gasteiger partial charge in [0.1, 0.15) is 11.6 Å². The van der Waals surface area contributed by atoms with Crippen molar-refractivity contribution in [1.82, 2.24) is 24.4 Å². The summed E-state index contributed by atoms with van der Waals surface area (Å²) >= 11 is 0. The summed E-state index contributed by atoms with van der Waals surface area (Å²) in [7, 11) is 4.19. The number of imidazole rings is 1. The maximum Gasteiger partial charge on any atom is 0.148 e. The van der Waals surface area contributed by atoms with Crippen molar-refractivity contribution in [1.29, 1.82) is 0 Å². The first-order valence-electron chi connectivity index (χ1n) is 8.53. The molecule has 1 aromatic carbocycles. The fourth-order valence-electron chi connectivity index (χ4n) is 2.95. The average Bonchev–Trinajstić information content (AvgIpc) is 3.01. The Kier molecular flexibility index (Phi) is 4.95. The molecule has 0 radical (unpaired) electrons. The molecule has 5 heteroatoms. The van der Waals surface area contributed by atoms with Crippen molar-refractivity contribution in [3.63, 3.8) is 0 Å². The highest BCUT2D eigenvalue weighted by Gasteiger charge is 2.12. The Labute approximate surface area is 149 Å². The van der Waals surface area contributed by atoms with E-state index in [1.54, 1.807) is 0 Å². The van der Waals surface area contributed by atoms with Crippen LogP contribution in [-0.4, -0.2) is 38.5 Å². The summed E-state index contributed by atoms with van der Waals surface area (Å²) in [6.07, 6.45) is 3.82.